The Morgan fingerprint density at radius 3 is 2.86 bits per heavy atom. The van der Waals surface area contributed by atoms with Gasteiger partial charge in [-0.25, -0.2) is 0 Å². The molecule has 0 bridgehead atoms. The van der Waals surface area contributed by atoms with E-state index in [4.69, 9.17) is 4.74 Å². The minimum atomic E-state index is 0.565. The summed E-state index contributed by atoms with van der Waals surface area (Å²) in [4.78, 5) is 0. The minimum absolute atomic E-state index is 0.565. The largest absolute Gasteiger partial charge is 0.618 e. The zero-order valence-corrected chi connectivity index (χ0v) is 9.11. The van der Waals surface area contributed by atoms with Crippen molar-refractivity contribution in [3.05, 3.63) is 40.1 Å². The Labute approximate surface area is 89.6 Å². The van der Waals surface area contributed by atoms with Gasteiger partial charge >= 0.3 is 0 Å². The second kappa shape index (κ2) is 3.46. The van der Waals surface area contributed by atoms with Gasteiger partial charge in [0.2, 0.25) is 11.7 Å². The SMILES string of the molecule is COc1cc2ccc(Br)cc2[n+]([O-])c1. The fraction of sp³-hybridized carbons (Fsp3) is 0.100. The number of aromatic nitrogens is 1. The molecule has 3 nitrogen and oxygen atoms in total. The average molecular weight is 254 g/mol. The van der Waals surface area contributed by atoms with Gasteiger partial charge in [0.05, 0.1) is 12.5 Å². The van der Waals surface area contributed by atoms with Crippen LogP contribution in [0.5, 0.6) is 5.75 Å². The van der Waals surface area contributed by atoms with Crippen LogP contribution in [-0.2, 0) is 0 Å². The van der Waals surface area contributed by atoms with E-state index in [-0.39, 0.29) is 0 Å². The minimum Gasteiger partial charge on any atom is -0.618 e. The Balaban J connectivity index is 2.76. The third-order valence-corrected chi connectivity index (χ3v) is 2.50. The van der Waals surface area contributed by atoms with Gasteiger partial charge in [-0.05, 0) is 12.1 Å². The molecule has 1 aromatic carbocycles. The number of methoxy groups -OCH3 is 1. The standard InChI is InChI=1S/C10H8BrNO2/c1-14-9-4-7-2-3-8(11)5-10(7)12(13)6-9/h2-6H,1H3. The maximum absolute atomic E-state index is 11.5. The van der Waals surface area contributed by atoms with Gasteiger partial charge in [-0.1, -0.05) is 15.9 Å². The molecular weight excluding hydrogens is 246 g/mol. The summed E-state index contributed by atoms with van der Waals surface area (Å²) in [5.41, 5.74) is 0.625. The molecule has 1 heterocycles. The molecule has 0 unspecified atom stereocenters. The van der Waals surface area contributed by atoms with Crippen molar-refractivity contribution in [2.24, 2.45) is 0 Å². The van der Waals surface area contributed by atoms with Gasteiger partial charge in [0.1, 0.15) is 0 Å². The van der Waals surface area contributed by atoms with Crippen LogP contribution in [0.1, 0.15) is 0 Å². The van der Waals surface area contributed by atoms with E-state index in [0.29, 0.717) is 11.3 Å². The number of rotatable bonds is 1. The molecule has 72 valence electrons. The molecule has 2 rings (SSSR count). The first kappa shape index (κ1) is 9.27. The molecule has 4 heteroatoms. The van der Waals surface area contributed by atoms with E-state index in [1.807, 2.05) is 18.2 Å². The summed E-state index contributed by atoms with van der Waals surface area (Å²) in [6.07, 6.45) is 1.41. The third kappa shape index (κ3) is 1.53. The zero-order valence-electron chi connectivity index (χ0n) is 7.53. The molecule has 14 heavy (non-hydrogen) atoms. The van der Waals surface area contributed by atoms with E-state index >= 15 is 0 Å². The first-order valence-electron chi connectivity index (χ1n) is 4.07. The first-order chi connectivity index (χ1) is 6.70. The molecule has 0 fully saturated rings. The van der Waals surface area contributed by atoms with E-state index in [0.717, 1.165) is 14.6 Å². The van der Waals surface area contributed by atoms with Gasteiger partial charge in [0, 0.05) is 16.6 Å². The van der Waals surface area contributed by atoms with Crippen molar-refractivity contribution < 1.29 is 9.47 Å². The fourth-order valence-electron chi connectivity index (χ4n) is 1.32. The highest BCUT2D eigenvalue weighted by Gasteiger charge is 2.07. The molecule has 0 atom stereocenters. The Morgan fingerprint density at radius 2 is 2.14 bits per heavy atom. The van der Waals surface area contributed by atoms with Gasteiger partial charge < -0.3 is 9.94 Å². The Morgan fingerprint density at radius 1 is 1.36 bits per heavy atom. The third-order valence-electron chi connectivity index (χ3n) is 2.01. The number of fused-ring (bicyclic) bond motifs is 1. The van der Waals surface area contributed by atoms with Crippen molar-refractivity contribution in [2.75, 3.05) is 7.11 Å². The van der Waals surface area contributed by atoms with E-state index < -0.39 is 0 Å². The van der Waals surface area contributed by atoms with E-state index in [1.54, 1.807) is 13.2 Å². The molecule has 0 saturated carbocycles. The number of hydrogen-bond donors (Lipinski definition) is 0. The van der Waals surface area contributed by atoms with Gasteiger partial charge in [-0.2, -0.15) is 4.73 Å². The molecular formula is C10H8BrNO2. The van der Waals surface area contributed by atoms with Crippen LogP contribution in [0, 0.1) is 5.21 Å². The van der Waals surface area contributed by atoms with Crippen LogP contribution in [0.25, 0.3) is 10.9 Å². The van der Waals surface area contributed by atoms with E-state index in [1.165, 1.54) is 6.20 Å². The average Bonchev–Trinajstić information content (AvgIpc) is 2.19. The second-order valence-electron chi connectivity index (χ2n) is 2.91. The predicted octanol–water partition coefficient (Wildman–Crippen LogP) is 2.24. The number of benzene rings is 1. The number of pyridine rings is 1. The van der Waals surface area contributed by atoms with Crippen LogP contribution in [-0.4, -0.2) is 7.11 Å². The highest BCUT2D eigenvalue weighted by molar-refractivity contribution is 9.10. The molecule has 1 aromatic heterocycles. The van der Waals surface area contributed by atoms with Crippen molar-refractivity contribution in [3.63, 3.8) is 0 Å². The van der Waals surface area contributed by atoms with Crippen LogP contribution < -0.4 is 9.47 Å². The van der Waals surface area contributed by atoms with Gasteiger partial charge in [-0.3, -0.25) is 0 Å². The molecule has 0 aliphatic heterocycles. The van der Waals surface area contributed by atoms with Crippen LogP contribution in [0.2, 0.25) is 0 Å². The first-order valence-corrected chi connectivity index (χ1v) is 4.86. The summed E-state index contributed by atoms with van der Waals surface area (Å²) in [6, 6.07) is 7.37. The summed E-state index contributed by atoms with van der Waals surface area (Å²) < 4.78 is 6.69. The number of ether oxygens (including phenoxy) is 1. The highest BCUT2D eigenvalue weighted by Crippen LogP contribution is 2.20. The zero-order chi connectivity index (χ0) is 10.1. The topological polar surface area (TPSA) is 36.2 Å². The van der Waals surface area contributed by atoms with Crippen LogP contribution in [0.15, 0.2) is 34.9 Å². The van der Waals surface area contributed by atoms with Crippen LogP contribution in [0.3, 0.4) is 0 Å². The maximum atomic E-state index is 11.5. The quantitative estimate of drug-likeness (QED) is 0.578. The summed E-state index contributed by atoms with van der Waals surface area (Å²) in [7, 11) is 1.54. The summed E-state index contributed by atoms with van der Waals surface area (Å²) in [5.74, 6) is 0.565. The molecule has 2 aromatic rings. The molecule has 0 aliphatic rings. The monoisotopic (exact) mass is 253 g/mol. The lowest BCUT2D eigenvalue weighted by molar-refractivity contribution is -0.577. The number of hydrogen-bond acceptors (Lipinski definition) is 2. The summed E-state index contributed by atoms with van der Waals surface area (Å²) in [6.45, 7) is 0. The Kier molecular flexibility index (Phi) is 2.29. The molecule has 0 aliphatic carbocycles. The van der Waals surface area contributed by atoms with E-state index in [2.05, 4.69) is 15.9 Å². The van der Waals surface area contributed by atoms with E-state index in [9.17, 15) is 5.21 Å². The molecule has 0 spiro atoms. The van der Waals surface area contributed by atoms with Crippen molar-refractivity contribution in [1.82, 2.24) is 0 Å². The highest BCUT2D eigenvalue weighted by atomic mass is 79.9. The lowest BCUT2D eigenvalue weighted by Gasteiger charge is -2.04. The summed E-state index contributed by atoms with van der Waals surface area (Å²) in [5, 5.41) is 12.4. The molecule has 0 saturated heterocycles. The second-order valence-corrected chi connectivity index (χ2v) is 3.82. The van der Waals surface area contributed by atoms with Crippen molar-refractivity contribution >= 4 is 26.8 Å². The van der Waals surface area contributed by atoms with Crippen LogP contribution in [0.4, 0.5) is 0 Å². The smallest absolute Gasteiger partial charge is 0.225 e. The Bertz CT molecular complexity index is 485. The van der Waals surface area contributed by atoms with Gasteiger partial charge in [-0.15, -0.1) is 0 Å². The van der Waals surface area contributed by atoms with Crippen molar-refractivity contribution in [3.8, 4) is 5.75 Å². The molecule has 0 amide bonds. The van der Waals surface area contributed by atoms with Crippen LogP contribution >= 0.6 is 15.9 Å². The number of nitrogens with zero attached hydrogens (tertiary/aromatic N) is 1. The van der Waals surface area contributed by atoms with Gasteiger partial charge in [0.15, 0.2) is 5.75 Å². The molecule has 0 radical (unpaired) electrons. The normalized spacial score (nSPS) is 10.4. The maximum Gasteiger partial charge on any atom is 0.225 e. The fourth-order valence-corrected chi connectivity index (χ4v) is 1.67. The number of halogens is 1. The van der Waals surface area contributed by atoms with Gasteiger partial charge in [0.25, 0.3) is 0 Å². The lowest BCUT2D eigenvalue weighted by atomic mass is 10.2. The predicted molar refractivity (Wildman–Crippen MR) is 57.2 cm³/mol. The Hall–Kier alpha value is -1.29. The molecule has 0 N–H and O–H groups in total. The van der Waals surface area contributed by atoms with Crippen molar-refractivity contribution in [2.45, 2.75) is 0 Å². The summed E-state index contributed by atoms with van der Waals surface area (Å²) >= 11 is 3.32. The lowest BCUT2D eigenvalue weighted by Crippen LogP contribution is -2.26. The van der Waals surface area contributed by atoms with Crippen molar-refractivity contribution in [1.29, 1.82) is 0 Å².